The van der Waals surface area contributed by atoms with Crippen LogP contribution in [0.5, 0.6) is 0 Å². The highest BCUT2D eigenvalue weighted by molar-refractivity contribution is 7.11. The highest BCUT2D eigenvalue weighted by Gasteiger charge is 2.09. The van der Waals surface area contributed by atoms with Gasteiger partial charge in [0, 0.05) is 10.9 Å². The smallest absolute Gasteiger partial charge is 0.134 e. The Morgan fingerprint density at radius 3 is 2.61 bits per heavy atom. The Balaban J connectivity index is 1.97. The lowest BCUT2D eigenvalue weighted by Crippen LogP contribution is -1.86. The first-order valence-electron chi connectivity index (χ1n) is 7.38. The van der Waals surface area contributed by atoms with Crippen LogP contribution < -0.4 is 0 Å². The van der Waals surface area contributed by atoms with E-state index >= 15 is 0 Å². The molecule has 112 valence electrons. The number of rotatable bonds is 3. The zero-order chi connectivity index (χ0) is 16.2. The van der Waals surface area contributed by atoms with Crippen molar-refractivity contribution in [1.82, 2.24) is 4.98 Å². The molecule has 0 N–H and O–H groups in total. The minimum Gasteiger partial charge on any atom is -0.235 e. The first kappa shape index (κ1) is 15.2. The van der Waals surface area contributed by atoms with Crippen molar-refractivity contribution in [3.63, 3.8) is 0 Å². The van der Waals surface area contributed by atoms with Gasteiger partial charge in [-0.2, -0.15) is 5.26 Å². The molecule has 0 unspecified atom stereocenters. The van der Waals surface area contributed by atoms with E-state index in [1.807, 2.05) is 47.9 Å². The molecule has 0 spiro atoms. The molecule has 0 fully saturated rings. The number of aromatic nitrogens is 1. The van der Waals surface area contributed by atoms with Crippen LogP contribution in [0.15, 0.2) is 53.9 Å². The molecule has 0 aliphatic heterocycles. The Hall–Kier alpha value is -2.70. The first-order valence-corrected chi connectivity index (χ1v) is 8.26. The van der Waals surface area contributed by atoms with Gasteiger partial charge in [0.25, 0.3) is 0 Å². The maximum absolute atomic E-state index is 9.51. The highest BCUT2D eigenvalue weighted by atomic mass is 32.1. The van der Waals surface area contributed by atoms with Crippen LogP contribution in [0.4, 0.5) is 0 Å². The van der Waals surface area contributed by atoms with Crippen LogP contribution in [-0.2, 0) is 0 Å². The topological polar surface area (TPSA) is 36.7 Å². The van der Waals surface area contributed by atoms with E-state index in [1.165, 1.54) is 16.9 Å². The van der Waals surface area contributed by atoms with Crippen molar-refractivity contribution in [3.05, 3.63) is 75.6 Å². The van der Waals surface area contributed by atoms with E-state index in [9.17, 15) is 5.26 Å². The molecule has 0 radical (unpaired) electrons. The molecular weight excluding hydrogens is 300 g/mol. The van der Waals surface area contributed by atoms with Crippen LogP contribution in [0.3, 0.4) is 0 Å². The maximum Gasteiger partial charge on any atom is 0.134 e. The van der Waals surface area contributed by atoms with E-state index in [-0.39, 0.29) is 0 Å². The Morgan fingerprint density at radius 1 is 1.13 bits per heavy atom. The van der Waals surface area contributed by atoms with Crippen LogP contribution in [-0.4, -0.2) is 4.98 Å². The number of nitrogens with zero attached hydrogens (tertiary/aromatic N) is 2. The predicted octanol–water partition coefficient (Wildman–Crippen LogP) is 5.49. The SMILES string of the molecule is Cc1ccc(/C=C(\C#N)c2nc(-c3ccccc3)cs2)c(C)c1. The molecule has 0 aliphatic carbocycles. The lowest BCUT2D eigenvalue weighted by Gasteiger charge is -2.02. The molecule has 23 heavy (non-hydrogen) atoms. The van der Waals surface area contributed by atoms with Gasteiger partial charge in [-0.25, -0.2) is 4.98 Å². The molecule has 3 rings (SSSR count). The van der Waals surface area contributed by atoms with Crippen molar-refractivity contribution < 1.29 is 0 Å². The summed E-state index contributed by atoms with van der Waals surface area (Å²) in [6.45, 7) is 4.13. The largest absolute Gasteiger partial charge is 0.235 e. The second-order valence-electron chi connectivity index (χ2n) is 5.43. The van der Waals surface area contributed by atoms with Gasteiger partial charge in [-0.1, -0.05) is 54.1 Å². The fourth-order valence-electron chi connectivity index (χ4n) is 2.42. The quantitative estimate of drug-likeness (QED) is 0.599. The molecule has 2 nitrogen and oxygen atoms in total. The Bertz CT molecular complexity index is 899. The number of nitriles is 1. The fourth-order valence-corrected chi connectivity index (χ4v) is 3.22. The van der Waals surface area contributed by atoms with Gasteiger partial charge >= 0.3 is 0 Å². The van der Waals surface area contributed by atoms with Crippen molar-refractivity contribution >= 4 is 23.0 Å². The minimum atomic E-state index is 0.601. The number of aryl methyl sites for hydroxylation is 2. The Morgan fingerprint density at radius 2 is 1.91 bits per heavy atom. The summed E-state index contributed by atoms with van der Waals surface area (Å²) in [6.07, 6.45) is 1.92. The predicted molar refractivity (Wildman–Crippen MR) is 97.0 cm³/mol. The standard InChI is InChI=1S/C20H16N2S/c1-14-8-9-17(15(2)10-14)11-18(12-21)20-22-19(13-23-20)16-6-4-3-5-7-16/h3-11,13H,1-2H3/b18-11+. The summed E-state index contributed by atoms with van der Waals surface area (Å²) in [4.78, 5) is 4.62. The Kier molecular flexibility index (Phi) is 4.36. The second-order valence-corrected chi connectivity index (χ2v) is 6.29. The summed E-state index contributed by atoms with van der Waals surface area (Å²) in [5, 5.41) is 12.3. The fraction of sp³-hybridized carbons (Fsp3) is 0.100. The third-order valence-corrected chi connectivity index (χ3v) is 4.53. The molecule has 0 saturated carbocycles. The summed E-state index contributed by atoms with van der Waals surface area (Å²) >= 11 is 1.50. The van der Waals surface area contributed by atoms with Gasteiger partial charge in [-0.3, -0.25) is 0 Å². The molecule has 3 aromatic rings. The molecule has 0 atom stereocenters. The molecule has 2 aromatic carbocycles. The van der Waals surface area contributed by atoms with Crippen LogP contribution in [0, 0.1) is 25.2 Å². The third-order valence-electron chi connectivity index (χ3n) is 3.65. The van der Waals surface area contributed by atoms with Crippen LogP contribution in [0.25, 0.3) is 22.9 Å². The maximum atomic E-state index is 9.51. The van der Waals surface area contributed by atoms with Gasteiger partial charge in [0.05, 0.1) is 11.3 Å². The van der Waals surface area contributed by atoms with Gasteiger partial charge in [0.2, 0.25) is 0 Å². The van der Waals surface area contributed by atoms with Crippen molar-refractivity contribution in [3.8, 4) is 17.3 Å². The number of hydrogen-bond acceptors (Lipinski definition) is 3. The number of hydrogen-bond donors (Lipinski definition) is 0. The minimum absolute atomic E-state index is 0.601. The second kappa shape index (κ2) is 6.60. The number of thiazole rings is 1. The van der Waals surface area contributed by atoms with E-state index in [0.29, 0.717) is 5.57 Å². The normalized spacial score (nSPS) is 11.3. The summed E-state index contributed by atoms with van der Waals surface area (Å²) in [6, 6.07) is 18.5. The van der Waals surface area contributed by atoms with E-state index in [0.717, 1.165) is 27.4 Å². The van der Waals surface area contributed by atoms with Crippen molar-refractivity contribution in [2.24, 2.45) is 0 Å². The molecule has 0 aliphatic rings. The average molecular weight is 316 g/mol. The van der Waals surface area contributed by atoms with Crippen LogP contribution in [0.2, 0.25) is 0 Å². The van der Waals surface area contributed by atoms with Crippen molar-refractivity contribution in [2.75, 3.05) is 0 Å². The molecule has 1 heterocycles. The zero-order valence-electron chi connectivity index (χ0n) is 13.1. The summed E-state index contributed by atoms with van der Waals surface area (Å²) in [5.41, 5.74) is 6.02. The lowest BCUT2D eigenvalue weighted by molar-refractivity contribution is 1.36. The molecule has 1 aromatic heterocycles. The molecule has 0 saturated heterocycles. The lowest BCUT2D eigenvalue weighted by atomic mass is 10.0. The first-order chi connectivity index (χ1) is 11.2. The number of allylic oxidation sites excluding steroid dienone is 1. The van der Waals surface area contributed by atoms with Gasteiger partial charge in [0.15, 0.2) is 0 Å². The number of benzene rings is 2. The molecular formula is C20H16N2S. The average Bonchev–Trinajstić information content (AvgIpc) is 3.05. The summed E-state index contributed by atoms with van der Waals surface area (Å²) < 4.78 is 0. The third kappa shape index (κ3) is 3.39. The van der Waals surface area contributed by atoms with Crippen LogP contribution >= 0.6 is 11.3 Å². The van der Waals surface area contributed by atoms with E-state index in [4.69, 9.17) is 0 Å². The van der Waals surface area contributed by atoms with E-state index in [2.05, 4.69) is 37.0 Å². The highest BCUT2D eigenvalue weighted by Crippen LogP contribution is 2.27. The van der Waals surface area contributed by atoms with Gasteiger partial charge < -0.3 is 0 Å². The van der Waals surface area contributed by atoms with Gasteiger partial charge in [0.1, 0.15) is 11.1 Å². The molecule has 0 amide bonds. The van der Waals surface area contributed by atoms with Crippen LogP contribution in [0.1, 0.15) is 21.7 Å². The van der Waals surface area contributed by atoms with Crippen molar-refractivity contribution in [2.45, 2.75) is 13.8 Å². The van der Waals surface area contributed by atoms with Gasteiger partial charge in [-0.15, -0.1) is 11.3 Å². The van der Waals surface area contributed by atoms with Crippen molar-refractivity contribution in [1.29, 1.82) is 5.26 Å². The molecule has 0 bridgehead atoms. The zero-order valence-corrected chi connectivity index (χ0v) is 13.9. The molecule has 3 heteroatoms. The Labute approximate surface area is 140 Å². The van der Waals surface area contributed by atoms with E-state index < -0.39 is 0 Å². The summed E-state index contributed by atoms with van der Waals surface area (Å²) in [7, 11) is 0. The monoisotopic (exact) mass is 316 g/mol. The van der Waals surface area contributed by atoms with E-state index in [1.54, 1.807) is 0 Å². The van der Waals surface area contributed by atoms with Gasteiger partial charge in [-0.05, 0) is 31.1 Å². The summed E-state index contributed by atoms with van der Waals surface area (Å²) in [5.74, 6) is 0.